The molecule has 1 aromatic heterocycles. The zero-order chi connectivity index (χ0) is 16.4. The van der Waals surface area contributed by atoms with Crippen molar-refractivity contribution < 1.29 is 9.05 Å². The second-order valence-corrected chi connectivity index (χ2v) is 8.42. The highest BCUT2D eigenvalue weighted by Crippen LogP contribution is 2.26. The molecule has 0 aliphatic heterocycles. The number of fused-ring (bicyclic) bond motifs is 1. The summed E-state index contributed by atoms with van der Waals surface area (Å²) in [5.74, 6) is 0. The second-order valence-electron chi connectivity index (χ2n) is 7.19. The number of benzene rings is 2. The molecule has 23 heavy (non-hydrogen) atoms. The molecule has 3 aromatic rings. The normalized spacial score (nSPS) is 12.0. The Bertz CT molecular complexity index is 798. The number of thiazole rings is 1. The third-order valence-electron chi connectivity index (χ3n) is 4.21. The number of hydrogen-bond acceptors (Lipinski definition) is 1. The van der Waals surface area contributed by atoms with Gasteiger partial charge in [0, 0.05) is 13.0 Å². The zero-order valence-electron chi connectivity index (χ0n) is 14.5. The average molecular weight is 327 g/mol. The fraction of sp³-hybridized carbons (Fsp3) is 0.350. The topological polar surface area (TPSA) is 3.88 Å². The summed E-state index contributed by atoms with van der Waals surface area (Å²) >= 11 is 1.90. The molecular weight excluding hydrogens is 300 g/mol. The van der Waals surface area contributed by atoms with E-state index in [1.165, 1.54) is 39.3 Å². The van der Waals surface area contributed by atoms with Crippen molar-refractivity contribution >= 4 is 21.6 Å². The smallest absolute Gasteiger partial charge is 0.235 e. The molecule has 0 fully saturated rings. The summed E-state index contributed by atoms with van der Waals surface area (Å²) in [6.07, 6.45) is 1.20. The minimum atomic E-state index is 1.02. The fourth-order valence-corrected chi connectivity index (χ4v) is 4.02. The lowest BCUT2D eigenvalue weighted by molar-refractivity contribution is -0.873. The van der Waals surface area contributed by atoms with Gasteiger partial charge in [-0.1, -0.05) is 47.7 Å². The number of nitrogens with zero attached hydrogens (tertiary/aromatic N) is 2. The van der Waals surface area contributed by atoms with Gasteiger partial charge in [0.2, 0.25) is 10.5 Å². The molecule has 2 aromatic carbocycles. The van der Waals surface area contributed by atoms with Crippen molar-refractivity contribution in [1.29, 1.82) is 0 Å². The van der Waals surface area contributed by atoms with Crippen LogP contribution in [0.2, 0.25) is 0 Å². The monoisotopic (exact) mass is 326 g/mol. The highest BCUT2D eigenvalue weighted by Gasteiger charge is 2.19. The van der Waals surface area contributed by atoms with Crippen LogP contribution in [0.3, 0.4) is 0 Å². The number of quaternary nitrogens is 1. The molecule has 3 heteroatoms. The van der Waals surface area contributed by atoms with Gasteiger partial charge in [-0.15, -0.1) is 0 Å². The molecule has 0 unspecified atom stereocenters. The van der Waals surface area contributed by atoms with E-state index in [-0.39, 0.29) is 0 Å². The van der Waals surface area contributed by atoms with E-state index >= 15 is 0 Å². The van der Waals surface area contributed by atoms with Crippen molar-refractivity contribution in [2.24, 2.45) is 0 Å². The van der Waals surface area contributed by atoms with Crippen LogP contribution in [0.5, 0.6) is 0 Å². The van der Waals surface area contributed by atoms with Crippen LogP contribution in [0, 0.1) is 6.92 Å². The summed E-state index contributed by atoms with van der Waals surface area (Å²) < 4.78 is 4.89. The van der Waals surface area contributed by atoms with Crippen LogP contribution >= 0.6 is 11.3 Å². The van der Waals surface area contributed by atoms with Crippen LogP contribution in [0.1, 0.15) is 11.4 Å². The average Bonchev–Trinajstić information content (AvgIpc) is 2.82. The molecular formula is C20H26N2S+2. The molecule has 120 valence electrons. The predicted molar refractivity (Wildman–Crippen MR) is 99.7 cm³/mol. The van der Waals surface area contributed by atoms with Crippen LogP contribution in [0.4, 0.5) is 0 Å². The Hall–Kier alpha value is -1.71. The largest absolute Gasteiger partial charge is 0.331 e. The number of aryl methyl sites for hydroxylation is 2. The predicted octanol–water partition coefficient (Wildman–Crippen LogP) is 4.26. The van der Waals surface area contributed by atoms with E-state index in [1.807, 2.05) is 11.3 Å². The Morgan fingerprint density at radius 1 is 0.957 bits per heavy atom. The second kappa shape index (κ2) is 6.42. The van der Waals surface area contributed by atoms with E-state index in [0.717, 1.165) is 11.0 Å². The molecule has 0 bridgehead atoms. The van der Waals surface area contributed by atoms with Crippen molar-refractivity contribution in [3.05, 3.63) is 53.5 Å². The van der Waals surface area contributed by atoms with E-state index in [2.05, 4.69) is 81.2 Å². The molecule has 0 spiro atoms. The molecule has 0 atom stereocenters. The summed E-state index contributed by atoms with van der Waals surface area (Å²) in [7, 11) is 6.78. The van der Waals surface area contributed by atoms with Gasteiger partial charge in [-0.2, -0.15) is 4.57 Å². The van der Waals surface area contributed by atoms with Gasteiger partial charge in [0.05, 0.1) is 34.1 Å². The quantitative estimate of drug-likeness (QED) is 0.487. The Kier molecular flexibility index (Phi) is 4.51. The third kappa shape index (κ3) is 3.80. The van der Waals surface area contributed by atoms with E-state index in [1.54, 1.807) is 0 Å². The molecule has 2 nitrogen and oxygen atoms in total. The molecule has 0 saturated carbocycles. The fourth-order valence-electron chi connectivity index (χ4n) is 2.99. The molecule has 1 heterocycles. The summed E-state index contributed by atoms with van der Waals surface area (Å²) in [4.78, 5) is 0. The SMILES string of the molecule is Cc1sc2ccc(-c3ccccc3)cc2[n+]1CCC[N+](C)(C)C. The minimum absolute atomic E-state index is 1.02. The molecule has 0 aliphatic carbocycles. The first-order valence-electron chi connectivity index (χ1n) is 8.23. The van der Waals surface area contributed by atoms with Crippen LogP contribution < -0.4 is 4.57 Å². The Morgan fingerprint density at radius 3 is 2.39 bits per heavy atom. The third-order valence-corrected chi connectivity index (χ3v) is 5.29. The molecule has 0 radical (unpaired) electrons. The highest BCUT2D eigenvalue weighted by atomic mass is 32.1. The lowest BCUT2D eigenvalue weighted by Gasteiger charge is -2.22. The van der Waals surface area contributed by atoms with Crippen molar-refractivity contribution in [3.63, 3.8) is 0 Å². The van der Waals surface area contributed by atoms with E-state index in [9.17, 15) is 0 Å². The summed E-state index contributed by atoms with van der Waals surface area (Å²) in [6.45, 7) is 4.53. The van der Waals surface area contributed by atoms with Gasteiger partial charge >= 0.3 is 0 Å². The van der Waals surface area contributed by atoms with Crippen LogP contribution in [-0.4, -0.2) is 32.2 Å². The minimum Gasteiger partial charge on any atom is -0.331 e. The van der Waals surface area contributed by atoms with Crippen LogP contribution in [0.15, 0.2) is 48.5 Å². The molecule has 0 aliphatic rings. The molecule has 0 saturated heterocycles. The van der Waals surface area contributed by atoms with Gasteiger partial charge in [-0.3, -0.25) is 0 Å². The van der Waals surface area contributed by atoms with Gasteiger partial charge in [-0.25, -0.2) is 0 Å². The van der Waals surface area contributed by atoms with Crippen molar-refractivity contribution in [1.82, 2.24) is 0 Å². The summed E-state index contributed by atoms with van der Waals surface area (Å²) in [6, 6.07) is 17.5. The maximum absolute atomic E-state index is 2.49. The van der Waals surface area contributed by atoms with Gasteiger partial charge in [0.15, 0.2) is 6.54 Å². The highest BCUT2D eigenvalue weighted by molar-refractivity contribution is 7.18. The lowest BCUT2D eigenvalue weighted by Crippen LogP contribution is -2.40. The van der Waals surface area contributed by atoms with Crippen LogP contribution in [-0.2, 0) is 6.54 Å². The Labute approximate surface area is 143 Å². The van der Waals surface area contributed by atoms with E-state index in [4.69, 9.17) is 0 Å². The first kappa shape index (κ1) is 16.2. The van der Waals surface area contributed by atoms with E-state index in [0.29, 0.717) is 0 Å². The lowest BCUT2D eigenvalue weighted by atomic mass is 10.1. The van der Waals surface area contributed by atoms with Gasteiger partial charge < -0.3 is 4.48 Å². The number of rotatable bonds is 5. The number of aromatic nitrogens is 1. The molecule has 0 N–H and O–H groups in total. The van der Waals surface area contributed by atoms with Crippen molar-refractivity contribution in [3.8, 4) is 11.1 Å². The van der Waals surface area contributed by atoms with Gasteiger partial charge in [0.1, 0.15) is 4.70 Å². The molecule has 0 amide bonds. The van der Waals surface area contributed by atoms with Gasteiger partial charge in [-0.05, 0) is 17.2 Å². The number of hydrogen-bond donors (Lipinski definition) is 0. The van der Waals surface area contributed by atoms with E-state index < -0.39 is 0 Å². The van der Waals surface area contributed by atoms with Gasteiger partial charge in [0.25, 0.3) is 0 Å². The standard InChI is InChI=1S/C20H26N2S/c1-16-21(13-8-14-22(2,3)4)19-15-18(11-12-20(19)23-16)17-9-6-5-7-10-17/h5-7,9-12,15H,8,13-14H2,1-4H3/q+2. The van der Waals surface area contributed by atoms with Crippen molar-refractivity contribution in [2.45, 2.75) is 19.9 Å². The first-order chi connectivity index (χ1) is 10.9. The summed E-state index contributed by atoms with van der Waals surface area (Å²) in [5.41, 5.74) is 3.96. The maximum Gasteiger partial charge on any atom is 0.235 e. The Morgan fingerprint density at radius 2 is 1.70 bits per heavy atom. The maximum atomic E-state index is 2.49. The summed E-state index contributed by atoms with van der Waals surface area (Å²) in [5, 5.41) is 1.40. The molecule has 3 rings (SSSR count). The van der Waals surface area contributed by atoms with Crippen LogP contribution in [0.25, 0.3) is 21.3 Å². The van der Waals surface area contributed by atoms with Crippen molar-refractivity contribution in [2.75, 3.05) is 27.7 Å². The Balaban J connectivity index is 1.93. The zero-order valence-corrected chi connectivity index (χ0v) is 15.4. The first-order valence-corrected chi connectivity index (χ1v) is 9.04.